The van der Waals surface area contributed by atoms with Crippen LogP contribution >= 0.6 is 12.2 Å². The van der Waals surface area contributed by atoms with E-state index < -0.39 is 0 Å². The predicted octanol–water partition coefficient (Wildman–Crippen LogP) is 3.58. The van der Waals surface area contributed by atoms with Gasteiger partial charge in [-0.25, -0.2) is 0 Å². The van der Waals surface area contributed by atoms with Gasteiger partial charge >= 0.3 is 0 Å². The second kappa shape index (κ2) is 10.5. The van der Waals surface area contributed by atoms with Gasteiger partial charge in [-0.3, -0.25) is 9.88 Å². The van der Waals surface area contributed by atoms with Gasteiger partial charge in [-0.15, -0.1) is 0 Å². The van der Waals surface area contributed by atoms with Crippen molar-refractivity contribution in [2.75, 3.05) is 46.0 Å². The van der Waals surface area contributed by atoms with Crippen LogP contribution in [0.3, 0.4) is 0 Å². The van der Waals surface area contributed by atoms with Gasteiger partial charge in [0.2, 0.25) is 0 Å². The minimum absolute atomic E-state index is 0.0185. The molecule has 2 aliphatic heterocycles. The molecule has 0 spiro atoms. The molecule has 2 aromatic heterocycles. The largest absolute Gasteiger partial charge is 0.494 e. The number of ether oxygens (including phenoxy) is 2. The molecular weight excluding hydrogens is 446 g/mol. The average Bonchev–Trinajstić information content (AvgIpc) is 3.49. The summed E-state index contributed by atoms with van der Waals surface area (Å²) in [6.45, 7) is 7.96. The van der Waals surface area contributed by atoms with Crippen LogP contribution < -0.4 is 10.1 Å². The van der Waals surface area contributed by atoms with Crippen LogP contribution in [0.4, 0.5) is 0 Å². The summed E-state index contributed by atoms with van der Waals surface area (Å²) in [6.07, 6.45) is 3.96. The first-order valence-corrected chi connectivity index (χ1v) is 12.3. The van der Waals surface area contributed by atoms with E-state index in [4.69, 9.17) is 21.7 Å². The highest BCUT2D eigenvalue weighted by Crippen LogP contribution is 2.39. The predicted molar refractivity (Wildman–Crippen MR) is 136 cm³/mol. The first-order valence-electron chi connectivity index (χ1n) is 11.9. The Labute approximate surface area is 206 Å². The fourth-order valence-electron chi connectivity index (χ4n) is 4.78. The summed E-state index contributed by atoms with van der Waals surface area (Å²) in [5.41, 5.74) is 3.26. The Hall–Kier alpha value is -2.94. The van der Waals surface area contributed by atoms with Crippen molar-refractivity contribution in [3.63, 3.8) is 0 Å². The molecule has 1 aromatic carbocycles. The second-order valence-electron chi connectivity index (χ2n) is 8.50. The number of aromatic nitrogens is 2. The molecule has 7 nitrogen and oxygen atoms in total. The third-order valence-electron chi connectivity index (χ3n) is 6.47. The van der Waals surface area contributed by atoms with E-state index in [-0.39, 0.29) is 12.1 Å². The first kappa shape index (κ1) is 22.8. The molecule has 0 bridgehead atoms. The van der Waals surface area contributed by atoms with E-state index in [0.29, 0.717) is 6.61 Å². The van der Waals surface area contributed by atoms with Crippen molar-refractivity contribution >= 4 is 17.3 Å². The van der Waals surface area contributed by atoms with Gasteiger partial charge in [0, 0.05) is 50.0 Å². The van der Waals surface area contributed by atoms with Crippen LogP contribution in [0.25, 0.3) is 5.69 Å². The highest BCUT2D eigenvalue weighted by Gasteiger charge is 2.41. The monoisotopic (exact) mass is 477 g/mol. The van der Waals surface area contributed by atoms with Gasteiger partial charge in [-0.05, 0) is 67.7 Å². The van der Waals surface area contributed by atoms with E-state index >= 15 is 0 Å². The SMILES string of the molecule is CCOc1ccc(-n2cccc2[C@H]2[C@H](c3ccccn3)NC(=S)N2CCN2CCOCC2)cc1. The van der Waals surface area contributed by atoms with Crippen molar-refractivity contribution in [2.45, 2.75) is 19.0 Å². The van der Waals surface area contributed by atoms with E-state index in [2.05, 4.69) is 61.2 Å². The molecule has 4 heterocycles. The number of hydrogen-bond acceptors (Lipinski definition) is 5. The summed E-state index contributed by atoms with van der Waals surface area (Å²) in [5, 5.41) is 4.34. The number of rotatable bonds is 8. The lowest BCUT2D eigenvalue weighted by atomic mass is 10.0. The molecule has 0 radical (unpaired) electrons. The van der Waals surface area contributed by atoms with Crippen LogP contribution in [0.1, 0.15) is 30.4 Å². The summed E-state index contributed by atoms with van der Waals surface area (Å²) in [5.74, 6) is 0.877. The lowest BCUT2D eigenvalue weighted by Gasteiger charge is -2.32. The van der Waals surface area contributed by atoms with E-state index in [1.807, 2.05) is 37.4 Å². The molecule has 2 fully saturated rings. The molecule has 0 amide bonds. The number of thiocarbonyl (C=S) groups is 1. The smallest absolute Gasteiger partial charge is 0.170 e. The number of nitrogens with one attached hydrogen (secondary N) is 1. The van der Waals surface area contributed by atoms with Crippen molar-refractivity contribution in [3.8, 4) is 11.4 Å². The summed E-state index contributed by atoms with van der Waals surface area (Å²) in [7, 11) is 0. The van der Waals surface area contributed by atoms with Crippen molar-refractivity contribution in [1.29, 1.82) is 0 Å². The van der Waals surface area contributed by atoms with Gasteiger partial charge in [0.15, 0.2) is 5.11 Å². The molecule has 2 saturated heterocycles. The van der Waals surface area contributed by atoms with Crippen LogP contribution in [-0.2, 0) is 4.74 Å². The molecule has 2 atom stereocenters. The Morgan fingerprint density at radius 1 is 1.06 bits per heavy atom. The Balaban J connectivity index is 1.47. The van der Waals surface area contributed by atoms with Crippen molar-refractivity contribution in [3.05, 3.63) is 78.4 Å². The molecule has 1 N–H and O–H groups in total. The zero-order valence-corrected chi connectivity index (χ0v) is 20.3. The first-order chi connectivity index (χ1) is 16.7. The van der Waals surface area contributed by atoms with E-state index in [1.54, 1.807) is 0 Å². The number of hydrogen-bond donors (Lipinski definition) is 1. The second-order valence-corrected chi connectivity index (χ2v) is 8.89. The van der Waals surface area contributed by atoms with Gasteiger partial charge < -0.3 is 24.3 Å². The lowest BCUT2D eigenvalue weighted by molar-refractivity contribution is 0.0349. The van der Waals surface area contributed by atoms with Gasteiger partial charge in [0.25, 0.3) is 0 Å². The van der Waals surface area contributed by atoms with Crippen LogP contribution in [0.15, 0.2) is 67.0 Å². The topological polar surface area (TPSA) is 54.8 Å². The minimum atomic E-state index is -0.0327. The normalized spacial score (nSPS) is 21.0. The molecule has 178 valence electrons. The Morgan fingerprint density at radius 3 is 2.62 bits per heavy atom. The van der Waals surface area contributed by atoms with Crippen molar-refractivity contribution in [1.82, 2.24) is 24.7 Å². The van der Waals surface area contributed by atoms with Crippen LogP contribution in [0, 0.1) is 0 Å². The highest BCUT2D eigenvalue weighted by atomic mass is 32.1. The molecule has 2 aliphatic rings. The van der Waals surface area contributed by atoms with Gasteiger partial charge in [0.1, 0.15) is 5.75 Å². The standard InChI is InChI=1S/C26H31N5O2S/c1-2-33-21-10-8-20(9-11-21)30-13-5-7-23(30)25-24(22-6-3-4-12-27-22)28-26(34)31(25)15-14-29-16-18-32-19-17-29/h3-13,24-25H,2,14-19H2,1H3,(H,28,34)/t24-,25-/m0/s1. The third kappa shape index (κ3) is 4.80. The van der Waals surface area contributed by atoms with Crippen molar-refractivity contribution < 1.29 is 9.47 Å². The average molecular weight is 478 g/mol. The summed E-state index contributed by atoms with van der Waals surface area (Å²) in [6, 6.07) is 18.6. The van der Waals surface area contributed by atoms with Crippen molar-refractivity contribution in [2.24, 2.45) is 0 Å². The highest BCUT2D eigenvalue weighted by molar-refractivity contribution is 7.80. The molecule has 0 unspecified atom stereocenters. The maximum atomic E-state index is 5.86. The molecule has 0 saturated carbocycles. The summed E-state index contributed by atoms with van der Waals surface area (Å²) >= 11 is 5.86. The van der Waals surface area contributed by atoms with E-state index in [1.165, 1.54) is 5.69 Å². The Kier molecular flexibility index (Phi) is 7.08. The van der Waals surface area contributed by atoms with Gasteiger partial charge in [0.05, 0.1) is 37.6 Å². The minimum Gasteiger partial charge on any atom is -0.494 e. The zero-order chi connectivity index (χ0) is 23.3. The van der Waals surface area contributed by atoms with Gasteiger partial charge in [-0.1, -0.05) is 6.07 Å². The van der Waals surface area contributed by atoms with Crippen LogP contribution in [-0.4, -0.2) is 70.5 Å². The molecule has 3 aromatic rings. The Morgan fingerprint density at radius 2 is 1.88 bits per heavy atom. The van der Waals surface area contributed by atoms with Gasteiger partial charge in [-0.2, -0.15) is 0 Å². The molecule has 5 rings (SSSR count). The number of pyridine rings is 1. The summed E-state index contributed by atoms with van der Waals surface area (Å²) < 4.78 is 13.4. The summed E-state index contributed by atoms with van der Waals surface area (Å²) in [4.78, 5) is 9.44. The molecule has 0 aliphatic carbocycles. The third-order valence-corrected chi connectivity index (χ3v) is 6.82. The zero-order valence-electron chi connectivity index (χ0n) is 19.5. The molecule has 34 heavy (non-hydrogen) atoms. The molecule has 8 heteroatoms. The van der Waals surface area contributed by atoms with Crippen LogP contribution in [0.5, 0.6) is 5.75 Å². The number of nitrogens with zero attached hydrogens (tertiary/aromatic N) is 4. The van der Waals surface area contributed by atoms with E-state index in [9.17, 15) is 0 Å². The fraction of sp³-hybridized carbons (Fsp3) is 0.385. The quantitative estimate of drug-likeness (QED) is 0.498. The fourth-order valence-corrected chi connectivity index (χ4v) is 5.11. The maximum absolute atomic E-state index is 5.86. The molecular formula is C26H31N5O2S. The van der Waals surface area contributed by atoms with E-state index in [0.717, 1.165) is 61.6 Å². The van der Waals surface area contributed by atoms with Crippen LogP contribution in [0.2, 0.25) is 0 Å². The Bertz CT molecular complexity index is 1080. The lowest BCUT2D eigenvalue weighted by Crippen LogP contribution is -2.42. The number of morpholine rings is 1. The number of benzene rings is 1. The maximum Gasteiger partial charge on any atom is 0.170 e.